The van der Waals surface area contributed by atoms with Gasteiger partial charge in [0.15, 0.2) is 6.61 Å². The number of methoxy groups -OCH3 is 1. The van der Waals surface area contributed by atoms with Gasteiger partial charge >= 0.3 is 0 Å². The molecule has 0 spiro atoms. The molecule has 0 N–H and O–H groups in total. The Morgan fingerprint density at radius 1 is 1.21 bits per heavy atom. The summed E-state index contributed by atoms with van der Waals surface area (Å²) < 4.78 is 10.8. The lowest BCUT2D eigenvalue weighted by Crippen LogP contribution is -2.34. The van der Waals surface area contributed by atoms with E-state index in [9.17, 15) is 4.79 Å². The van der Waals surface area contributed by atoms with Crippen molar-refractivity contribution in [3.8, 4) is 11.5 Å². The summed E-state index contributed by atoms with van der Waals surface area (Å²) in [7, 11) is 1.65. The predicted molar refractivity (Wildman–Crippen MR) is 93.6 cm³/mol. The Morgan fingerprint density at radius 2 is 2.00 bits per heavy atom. The zero-order valence-corrected chi connectivity index (χ0v) is 14.3. The number of carbonyl (C=O) groups is 1. The molecule has 1 aliphatic heterocycles. The Morgan fingerprint density at radius 3 is 2.71 bits per heavy atom. The number of carbonyl (C=O) groups excluding carboxylic acids is 1. The molecule has 24 heavy (non-hydrogen) atoms. The maximum Gasteiger partial charge on any atom is 0.261 e. The van der Waals surface area contributed by atoms with Crippen LogP contribution in [-0.2, 0) is 4.79 Å². The fourth-order valence-corrected chi connectivity index (χ4v) is 3.20. The van der Waals surface area contributed by atoms with Crippen molar-refractivity contribution in [2.24, 2.45) is 0 Å². The molecule has 2 aromatic carbocycles. The molecule has 1 aliphatic rings. The zero-order valence-electron chi connectivity index (χ0n) is 13.6. The first-order valence-electron chi connectivity index (χ1n) is 7.99. The molecule has 1 atom stereocenters. The van der Waals surface area contributed by atoms with Gasteiger partial charge in [-0.2, -0.15) is 0 Å². The van der Waals surface area contributed by atoms with E-state index >= 15 is 0 Å². The van der Waals surface area contributed by atoms with Gasteiger partial charge in [0.25, 0.3) is 5.91 Å². The van der Waals surface area contributed by atoms with Crippen LogP contribution < -0.4 is 9.47 Å². The molecule has 5 heteroatoms. The van der Waals surface area contributed by atoms with Crippen molar-refractivity contribution in [1.82, 2.24) is 4.90 Å². The second kappa shape index (κ2) is 7.58. The molecule has 0 saturated carbocycles. The van der Waals surface area contributed by atoms with Crippen molar-refractivity contribution < 1.29 is 14.3 Å². The summed E-state index contributed by atoms with van der Waals surface area (Å²) in [5, 5.41) is 0.595. The molecule has 1 amide bonds. The highest BCUT2D eigenvalue weighted by Gasteiger charge is 2.30. The van der Waals surface area contributed by atoms with Crippen LogP contribution in [0.5, 0.6) is 11.5 Å². The molecule has 0 aromatic heterocycles. The van der Waals surface area contributed by atoms with Gasteiger partial charge in [-0.1, -0.05) is 29.8 Å². The fraction of sp³-hybridized carbons (Fsp3) is 0.316. The van der Waals surface area contributed by atoms with E-state index in [1.807, 2.05) is 29.2 Å². The van der Waals surface area contributed by atoms with Crippen molar-refractivity contribution in [3.63, 3.8) is 0 Å². The topological polar surface area (TPSA) is 38.8 Å². The van der Waals surface area contributed by atoms with Gasteiger partial charge in [-0.15, -0.1) is 0 Å². The predicted octanol–water partition coefficient (Wildman–Crippen LogP) is 4.09. The Kier molecular flexibility index (Phi) is 5.26. The van der Waals surface area contributed by atoms with Crippen LogP contribution >= 0.6 is 11.6 Å². The van der Waals surface area contributed by atoms with Gasteiger partial charge in [0, 0.05) is 11.6 Å². The third-order valence-electron chi connectivity index (χ3n) is 4.23. The molecule has 1 heterocycles. The van der Waals surface area contributed by atoms with E-state index < -0.39 is 0 Å². The first-order chi connectivity index (χ1) is 11.7. The lowest BCUT2D eigenvalue weighted by molar-refractivity contribution is -0.134. The molecule has 3 rings (SSSR count). The van der Waals surface area contributed by atoms with Crippen LogP contribution in [0.2, 0.25) is 5.02 Å². The third kappa shape index (κ3) is 3.82. The Bertz CT molecular complexity index is 702. The normalized spacial score (nSPS) is 16.9. The van der Waals surface area contributed by atoms with Crippen LogP contribution in [0, 0.1) is 0 Å². The number of rotatable bonds is 5. The third-order valence-corrected chi connectivity index (χ3v) is 4.47. The molecule has 0 bridgehead atoms. The van der Waals surface area contributed by atoms with E-state index in [4.69, 9.17) is 21.1 Å². The zero-order chi connectivity index (χ0) is 16.9. The Hall–Kier alpha value is -2.20. The van der Waals surface area contributed by atoms with Gasteiger partial charge in [-0.3, -0.25) is 4.79 Å². The molecule has 1 fully saturated rings. The molecular formula is C19H20ClNO3. The molecule has 4 nitrogen and oxygen atoms in total. The van der Waals surface area contributed by atoms with Crippen LogP contribution in [0.3, 0.4) is 0 Å². The number of amides is 1. The molecule has 2 aromatic rings. The van der Waals surface area contributed by atoms with Crippen molar-refractivity contribution in [2.75, 3.05) is 20.3 Å². The minimum Gasteiger partial charge on any atom is -0.497 e. The number of benzene rings is 2. The fourth-order valence-electron chi connectivity index (χ4n) is 3.02. The van der Waals surface area contributed by atoms with Crippen LogP contribution in [-0.4, -0.2) is 31.1 Å². The first kappa shape index (κ1) is 16.7. The minimum absolute atomic E-state index is 0.00621. The molecule has 0 unspecified atom stereocenters. The molecule has 1 saturated heterocycles. The first-order valence-corrected chi connectivity index (χ1v) is 8.37. The van der Waals surface area contributed by atoms with E-state index in [-0.39, 0.29) is 18.6 Å². The maximum atomic E-state index is 12.6. The highest BCUT2D eigenvalue weighted by atomic mass is 35.5. The van der Waals surface area contributed by atoms with E-state index in [1.165, 1.54) is 0 Å². The average Bonchev–Trinajstić information content (AvgIpc) is 3.09. The Labute approximate surface area is 146 Å². The molecule has 0 aliphatic carbocycles. The van der Waals surface area contributed by atoms with Gasteiger partial charge in [-0.25, -0.2) is 0 Å². The van der Waals surface area contributed by atoms with Gasteiger partial charge in [0.05, 0.1) is 13.2 Å². The lowest BCUT2D eigenvalue weighted by atomic mass is 10.0. The van der Waals surface area contributed by atoms with E-state index in [1.54, 1.807) is 31.4 Å². The SMILES string of the molecule is COc1ccc([C@H]2CCCN2C(=O)COc2cccc(Cl)c2)cc1. The number of nitrogens with zero attached hydrogens (tertiary/aromatic N) is 1. The molecule has 126 valence electrons. The summed E-state index contributed by atoms with van der Waals surface area (Å²) in [5.74, 6) is 1.42. The highest BCUT2D eigenvalue weighted by Crippen LogP contribution is 2.32. The summed E-state index contributed by atoms with van der Waals surface area (Å²) in [6, 6.07) is 15.1. The smallest absolute Gasteiger partial charge is 0.261 e. The minimum atomic E-state index is -0.00621. The standard InChI is InChI=1S/C19H20ClNO3/c1-23-16-9-7-14(8-10-16)18-6-3-11-21(18)19(22)13-24-17-5-2-4-15(20)12-17/h2,4-5,7-10,12,18H,3,6,11,13H2,1H3/t18-/m1/s1. The number of hydrogen-bond donors (Lipinski definition) is 0. The van der Waals surface area contributed by atoms with E-state index in [0.29, 0.717) is 10.8 Å². The monoisotopic (exact) mass is 345 g/mol. The van der Waals surface area contributed by atoms with Crippen LogP contribution in [0.15, 0.2) is 48.5 Å². The quantitative estimate of drug-likeness (QED) is 0.819. The van der Waals surface area contributed by atoms with Crippen LogP contribution in [0.25, 0.3) is 0 Å². The summed E-state index contributed by atoms with van der Waals surface area (Å²) in [4.78, 5) is 14.4. The second-order valence-electron chi connectivity index (χ2n) is 5.76. The number of ether oxygens (including phenoxy) is 2. The average molecular weight is 346 g/mol. The van der Waals surface area contributed by atoms with Gasteiger partial charge < -0.3 is 14.4 Å². The Balaban J connectivity index is 1.64. The number of likely N-dealkylation sites (tertiary alicyclic amines) is 1. The van der Waals surface area contributed by atoms with Gasteiger partial charge in [0.1, 0.15) is 11.5 Å². The van der Waals surface area contributed by atoms with Gasteiger partial charge in [0.2, 0.25) is 0 Å². The van der Waals surface area contributed by atoms with Crippen molar-refractivity contribution in [2.45, 2.75) is 18.9 Å². The highest BCUT2D eigenvalue weighted by molar-refractivity contribution is 6.30. The summed E-state index contributed by atoms with van der Waals surface area (Å²) in [6.07, 6.45) is 1.97. The van der Waals surface area contributed by atoms with E-state index in [2.05, 4.69) is 0 Å². The largest absolute Gasteiger partial charge is 0.497 e. The van der Waals surface area contributed by atoms with Crippen molar-refractivity contribution in [3.05, 3.63) is 59.1 Å². The molecule has 0 radical (unpaired) electrons. The summed E-state index contributed by atoms with van der Waals surface area (Å²) in [5.41, 5.74) is 1.13. The van der Waals surface area contributed by atoms with Crippen LogP contribution in [0.4, 0.5) is 0 Å². The number of hydrogen-bond acceptors (Lipinski definition) is 3. The second-order valence-corrected chi connectivity index (χ2v) is 6.20. The van der Waals surface area contributed by atoms with Gasteiger partial charge in [-0.05, 0) is 48.7 Å². The van der Waals surface area contributed by atoms with Crippen LogP contribution in [0.1, 0.15) is 24.4 Å². The van der Waals surface area contributed by atoms with Crippen molar-refractivity contribution >= 4 is 17.5 Å². The summed E-state index contributed by atoms with van der Waals surface area (Å²) in [6.45, 7) is 0.779. The van der Waals surface area contributed by atoms with Crippen molar-refractivity contribution in [1.29, 1.82) is 0 Å². The summed E-state index contributed by atoms with van der Waals surface area (Å²) >= 11 is 5.93. The maximum absolute atomic E-state index is 12.6. The van der Waals surface area contributed by atoms with E-state index in [0.717, 1.165) is 30.7 Å². The lowest BCUT2D eigenvalue weighted by Gasteiger charge is -2.25. The molecular weight excluding hydrogens is 326 g/mol. The number of halogens is 1.